The van der Waals surface area contributed by atoms with Crippen LogP contribution in [0.2, 0.25) is 0 Å². The number of rotatable bonds is 9. The van der Waals surface area contributed by atoms with Crippen LogP contribution in [0.3, 0.4) is 0 Å². The van der Waals surface area contributed by atoms with Gasteiger partial charge in [-0.15, -0.1) is 0 Å². The van der Waals surface area contributed by atoms with Gasteiger partial charge in [-0.25, -0.2) is 0 Å². The van der Waals surface area contributed by atoms with Gasteiger partial charge in [-0.3, -0.25) is 0 Å². The maximum Gasteiger partial charge on any atom is 0.225 e. The molecule has 0 bridgehead atoms. The third kappa shape index (κ3) is 4.97. The third-order valence-electron chi connectivity index (χ3n) is 4.91. The van der Waals surface area contributed by atoms with Crippen molar-refractivity contribution < 1.29 is 10.2 Å². The van der Waals surface area contributed by atoms with Crippen LogP contribution in [-0.2, 0) is 12.8 Å². The second kappa shape index (κ2) is 9.80. The first-order valence-electron chi connectivity index (χ1n) is 10.1. The number of nitrogen functional groups attached to an aromatic ring is 2. The number of nitrogens with two attached hydrogens (primary N) is 2. The van der Waals surface area contributed by atoms with Gasteiger partial charge in [0.25, 0.3) is 0 Å². The highest BCUT2D eigenvalue weighted by Gasteiger charge is 2.26. The Balaban J connectivity index is 2.88. The smallest absolute Gasteiger partial charge is 0.225 e. The zero-order valence-electron chi connectivity index (χ0n) is 17.4. The monoisotopic (exact) mass is 387 g/mol. The standard InChI is InChI=1S/C21H33N5O2/c1-5-7-9-14-11-15(10-8-6-2)17(13(4)28)18(16(14)12(3)27)19-24-20(22)26-21(23)25-19/h11-13,27-28H,5-10H2,1-4H3,(H4,22,23,24,25,26). The largest absolute Gasteiger partial charge is 0.389 e. The number of aromatic nitrogens is 3. The number of hydrogen-bond acceptors (Lipinski definition) is 7. The summed E-state index contributed by atoms with van der Waals surface area (Å²) < 4.78 is 0. The first-order chi connectivity index (χ1) is 13.3. The molecule has 0 saturated carbocycles. The minimum Gasteiger partial charge on any atom is -0.389 e. The molecule has 2 rings (SSSR count). The Labute approximate surface area is 167 Å². The fraction of sp³-hybridized carbons (Fsp3) is 0.571. The highest BCUT2D eigenvalue weighted by Crippen LogP contribution is 2.39. The van der Waals surface area contributed by atoms with Gasteiger partial charge in [0.1, 0.15) is 0 Å². The number of aliphatic hydroxyl groups is 2. The Morgan fingerprint density at radius 2 is 1.25 bits per heavy atom. The molecule has 1 heterocycles. The van der Waals surface area contributed by atoms with Crippen LogP contribution in [-0.4, -0.2) is 25.2 Å². The third-order valence-corrected chi connectivity index (χ3v) is 4.91. The van der Waals surface area contributed by atoms with Crippen molar-refractivity contribution in [3.05, 3.63) is 28.3 Å². The van der Waals surface area contributed by atoms with Gasteiger partial charge in [0.2, 0.25) is 11.9 Å². The van der Waals surface area contributed by atoms with Crippen LogP contribution >= 0.6 is 0 Å². The molecule has 0 spiro atoms. The molecule has 28 heavy (non-hydrogen) atoms. The Hall–Kier alpha value is -2.25. The van der Waals surface area contributed by atoms with E-state index in [1.54, 1.807) is 13.8 Å². The van der Waals surface area contributed by atoms with Crippen molar-refractivity contribution in [2.75, 3.05) is 11.5 Å². The number of aliphatic hydroxyl groups excluding tert-OH is 2. The molecule has 0 fully saturated rings. The van der Waals surface area contributed by atoms with Gasteiger partial charge < -0.3 is 21.7 Å². The molecule has 0 amide bonds. The molecule has 7 heteroatoms. The molecule has 0 aliphatic rings. The summed E-state index contributed by atoms with van der Waals surface area (Å²) in [5, 5.41) is 21.3. The lowest BCUT2D eigenvalue weighted by Crippen LogP contribution is -2.14. The molecule has 0 saturated heterocycles. The molecule has 0 radical (unpaired) electrons. The van der Waals surface area contributed by atoms with E-state index < -0.39 is 12.2 Å². The maximum absolute atomic E-state index is 10.6. The molecule has 1 aromatic heterocycles. The fourth-order valence-corrected chi connectivity index (χ4v) is 3.70. The zero-order valence-corrected chi connectivity index (χ0v) is 17.4. The molecule has 2 aromatic rings. The van der Waals surface area contributed by atoms with E-state index in [9.17, 15) is 10.2 Å². The van der Waals surface area contributed by atoms with Crippen LogP contribution in [0.15, 0.2) is 6.07 Å². The summed E-state index contributed by atoms with van der Waals surface area (Å²) in [5.74, 6) is 0.335. The van der Waals surface area contributed by atoms with E-state index in [-0.39, 0.29) is 11.9 Å². The average Bonchev–Trinajstić information content (AvgIpc) is 2.62. The lowest BCUT2D eigenvalue weighted by Gasteiger charge is -2.25. The van der Waals surface area contributed by atoms with Gasteiger partial charge in [-0.05, 0) is 61.8 Å². The number of hydrogen-bond donors (Lipinski definition) is 4. The molecular formula is C21H33N5O2. The van der Waals surface area contributed by atoms with Crippen LogP contribution in [0.1, 0.15) is 87.8 Å². The van der Waals surface area contributed by atoms with Gasteiger partial charge in [0.15, 0.2) is 5.82 Å². The van der Waals surface area contributed by atoms with E-state index in [4.69, 9.17) is 11.5 Å². The topological polar surface area (TPSA) is 131 Å². The predicted molar refractivity (Wildman–Crippen MR) is 113 cm³/mol. The molecule has 1 aromatic carbocycles. The highest BCUT2D eigenvalue weighted by molar-refractivity contribution is 5.71. The van der Waals surface area contributed by atoms with Crippen molar-refractivity contribution >= 4 is 11.9 Å². The van der Waals surface area contributed by atoms with Crippen molar-refractivity contribution in [2.24, 2.45) is 0 Å². The number of anilines is 2. The van der Waals surface area contributed by atoms with Gasteiger partial charge in [-0.1, -0.05) is 32.8 Å². The summed E-state index contributed by atoms with van der Waals surface area (Å²) in [4.78, 5) is 12.4. The number of aryl methyl sites for hydroxylation is 2. The van der Waals surface area contributed by atoms with E-state index in [2.05, 4.69) is 34.9 Å². The summed E-state index contributed by atoms with van der Waals surface area (Å²) in [5.41, 5.74) is 15.8. The SMILES string of the molecule is CCCCc1cc(CCCC)c(C(C)O)c(-c2nc(N)nc(N)n2)c1C(C)O. The summed E-state index contributed by atoms with van der Waals surface area (Å²) >= 11 is 0. The Kier molecular flexibility index (Phi) is 7.71. The van der Waals surface area contributed by atoms with Crippen molar-refractivity contribution in [1.29, 1.82) is 0 Å². The molecule has 2 unspecified atom stereocenters. The molecule has 0 aliphatic heterocycles. The van der Waals surface area contributed by atoms with Crippen LogP contribution in [0, 0.1) is 0 Å². The zero-order chi connectivity index (χ0) is 20.8. The number of benzene rings is 1. The minimum absolute atomic E-state index is 0.0182. The fourth-order valence-electron chi connectivity index (χ4n) is 3.70. The number of unbranched alkanes of at least 4 members (excludes halogenated alkanes) is 2. The molecule has 0 aliphatic carbocycles. The summed E-state index contributed by atoms with van der Waals surface area (Å²) in [6, 6.07) is 2.13. The predicted octanol–water partition coefficient (Wildman–Crippen LogP) is 3.49. The van der Waals surface area contributed by atoms with Gasteiger partial charge in [0.05, 0.1) is 12.2 Å². The molecule has 154 valence electrons. The van der Waals surface area contributed by atoms with Crippen molar-refractivity contribution in [2.45, 2.75) is 78.4 Å². The summed E-state index contributed by atoms with van der Waals surface area (Å²) in [6.45, 7) is 7.72. The van der Waals surface area contributed by atoms with Crippen LogP contribution < -0.4 is 11.5 Å². The van der Waals surface area contributed by atoms with Crippen LogP contribution in [0.5, 0.6) is 0 Å². The van der Waals surface area contributed by atoms with E-state index in [0.29, 0.717) is 11.4 Å². The second-order valence-electron chi connectivity index (χ2n) is 7.33. The lowest BCUT2D eigenvalue weighted by molar-refractivity contribution is 0.192. The normalized spacial score (nSPS) is 13.5. The summed E-state index contributed by atoms with van der Waals surface area (Å²) in [6.07, 6.45) is 4.25. The Morgan fingerprint density at radius 3 is 1.61 bits per heavy atom. The first-order valence-corrected chi connectivity index (χ1v) is 10.1. The average molecular weight is 388 g/mol. The first kappa shape index (κ1) is 22.0. The Morgan fingerprint density at radius 1 is 0.821 bits per heavy atom. The molecule has 2 atom stereocenters. The van der Waals surface area contributed by atoms with Gasteiger partial charge in [0, 0.05) is 5.56 Å². The van der Waals surface area contributed by atoms with Crippen LogP contribution in [0.25, 0.3) is 11.4 Å². The molecular weight excluding hydrogens is 354 g/mol. The quantitative estimate of drug-likeness (QED) is 0.518. The van der Waals surface area contributed by atoms with E-state index >= 15 is 0 Å². The van der Waals surface area contributed by atoms with Crippen molar-refractivity contribution in [3.63, 3.8) is 0 Å². The molecule has 7 nitrogen and oxygen atoms in total. The van der Waals surface area contributed by atoms with Crippen molar-refractivity contribution in [1.82, 2.24) is 15.0 Å². The number of nitrogens with zero attached hydrogens (tertiary/aromatic N) is 3. The van der Waals surface area contributed by atoms with Gasteiger partial charge in [-0.2, -0.15) is 15.0 Å². The van der Waals surface area contributed by atoms with E-state index in [1.165, 1.54) is 0 Å². The van der Waals surface area contributed by atoms with E-state index in [1.807, 2.05) is 0 Å². The summed E-state index contributed by atoms with van der Waals surface area (Å²) in [7, 11) is 0. The Bertz CT molecular complexity index is 747. The second-order valence-corrected chi connectivity index (χ2v) is 7.33. The highest BCUT2D eigenvalue weighted by atomic mass is 16.3. The minimum atomic E-state index is -0.751. The lowest BCUT2D eigenvalue weighted by atomic mass is 9.83. The molecule has 6 N–H and O–H groups in total. The van der Waals surface area contributed by atoms with Crippen LogP contribution in [0.4, 0.5) is 11.9 Å². The van der Waals surface area contributed by atoms with Crippen molar-refractivity contribution in [3.8, 4) is 11.4 Å². The van der Waals surface area contributed by atoms with Gasteiger partial charge >= 0.3 is 0 Å². The van der Waals surface area contributed by atoms with E-state index in [0.717, 1.165) is 60.8 Å². The maximum atomic E-state index is 10.6.